The normalized spacial score (nSPS) is 17.9. The van der Waals surface area contributed by atoms with E-state index in [-0.39, 0.29) is 24.7 Å². The summed E-state index contributed by atoms with van der Waals surface area (Å²) in [6, 6.07) is 5.39. The van der Waals surface area contributed by atoms with Crippen molar-refractivity contribution in [3.05, 3.63) is 40.8 Å². The number of ether oxygens (including phenoxy) is 3. The second-order valence-electron chi connectivity index (χ2n) is 4.78. The number of hydrogen-bond donors (Lipinski definition) is 1. The molecule has 114 valence electrons. The van der Waals surface area contributed by atoms with Crippen molar-refractivity contribution in [1.29, 1.82) is 0 Å². The number of hydrogen-bond acceptors (Lipinski definition) is 6. The molecule has 1 N–H and O–H groups in total. The predicted molar refractivity (Wildman–Crippen MR) is 79.9 cm³/mol. The monoisotopic (exact) mass is 301 g/mol. The fraction of sp³-hybridized carbons (Fsp3) is 0.250. The summed E-state index contributed by atoms with van der Waals surface area (Å²) in [5.41, 5.74) is 1.64. The summed E-state index contributed by atoms with van der Waals surface area (Å²) in [7, 11) is 0. The molecule has 0 fully saturated rings. The van der Waals surface area contributed by atoms with Gasteiger partial charge in [0.2, 0.25) is 6.79 Å². The van der Waals surface area contributed by atoms with Crippen molar-refractivity contribution < 1.29 is 24.1 Å². The zero-order chi connectivity index (χ0) is 15.7. The molecule has 2 aliphatic heterocycles. The van der Waals surface area contributed by atoms with E-state index >= 15 is 0 Å². The van der Waals surface area contributed by atoms with Gasteiger partial charge in [0.25, 0.3) is 0 Å². The highest BCUT2D eigenvalue weighted by atomic mass is 16.7. The highest BCUT2D eigenvalue weighted by Gasteiger charge is 2.27. The van der Waals surface area contributed by atoms with E-state index in [0.29, 0.717) is 22.9 Å². The van der Waals surface area contributed by atoms with Gasteiger partial charge in [-0.15, -0.1) is 0 Å². The predicted octanol–water partition coefficient (Wildman–Crippen LogP) is 2.61. The molecule has 0 saturated carbocycles. The van der Waals surface area contributed by atoms with E-state index in [1.165, 1.54) is 0 Å². The number of aliphatic hydroxyl groups excluding tert-OH is 1. The minimum absolute atomic E-state index is 0.105. The number of rotatable bonds is 3. The Morgan fingerprint density at radius 2 is 2.18 bits per heavy atom. The van der Waals surface area contributed by atoms with Crippen LogP contribution >= 0.6 is 0 Å². The van der Waals surface area contributed by atoms with Crippen molar-refractivity contribution in [3.63, 3.8) is 0 Å². The molecule has 0 radical (unpaired) electrons. The second kappa shape index (κ2) is 5.55. The maximum absolute atomic E-state index is 11.8. The van der Waals surface area contributed by atoms with Crippen LogP contribution in [0.3, 0.4) is 0 Å². The van der Waals surface area contributed by atoms with Crippen molar-refractivity contribution in [1.82, 2.24) is 0 Å². The minimum atomic E-state index is -0.574. The highest BCUT2D eigenvalue weighted by molar-refractivity contribution is 6.22. The lowest BCUT2D eigenvalue weighted by Gasteiger charge is -2.03. The van der Waals surface area contributed by atoms with Gasteiger partial charge in [-0.1, -0.05) is 6.07 Å². The third-order valence-corrected chi connectivity index (χ3v) is 3.31. The van der Waals surface area contributed by atoms with Crippen LogP contribution in [0.25, 0.3) is 6.08 Å². The summed E-state index contributed by atoms with van der Waals surface area (Å²) in [4.78, 5) is 16.1. The van der Waals surface area contributed by atoms with Gasteiger partial charge in [-0.25, -0.2) is 9.79 Å². The molecule has 0 spiro atoms. The Hall–Kier alpha value is -2.76. The quantitative estimate of drug-likeness (QED) is 0.868. The van der Waals surface area contributed by atoms with Crippen LogP contribution in [0.5, 0.6) is 11.5 Å². The van der Waals surface area contributed by atoms with Crippen molar-refractivity contribution in [3.8, 4) is 11.5 Å². The lowest BCUT2D eigenvalue weighted by atomic mass is 10.1. The molecule has 6 heteroatoms. The second-order valence-corrected chi connectivity index (χ2v) is 4.78. The third kappa shape index (κ3) is 2.43. The van der Waals surface area contributed by atoms with E-state index in [2.05, 4.69) is 4.99 Å². The number of nitrogens with zero attached hydrogens (tertiary/aromatic N) is 1. The van der Waals surface area contributed by atoms with Crippen molar-refractivity contribution >= 4 is 17.8 Å². The number of esters is 1. The molecular formula is C16H15NO5. The maximum atomic E-state index is 11.8. The van der Waals surface area contributed by atoms with Gasteiger partial charge in [0.05, 0.1) is 12.3 Å². The Kier molecular flexibility index (Phi) is 3.58. The average molecular weight is 301 g/mol. The molecule has 0 aromatic heterocycles. The van der Waals surface area contributed by atoms with Crippen LogP contribution in [0.4, 0.5) is 0 Å². The number of carbonyl (C=O) groups is 1. The zero-order valence-corrected chi connectivity index (χ0v) is 12.3. The summed E-state index contributed by atoms with van der Waals surface area (Å²) in [5, 5.41) is 10.2. The van der Waals surface area contributed by atoms with Crippen LogP contribution in [-0.2, 0) is 9.53 Å². The van der Waals surface area contributed by atoms with Gasteiger partial charge in [-0.05, 0) is 37.6 Å². The Morgan fingerprint density at radius 3 is 2.95 bits per heavy atom. The molecular weight excluding hydrogens is 286 g/mol. The van der Waals surface area contributed by atoms with Crippen LogP contribution in [0.15, 0.2) is 40.2 Å². The average Bonchev–Trinajstić information content (AvgIpc) is 3.04. The first-order chi connectivity index (χ1) is 10.6. The Labute approximate surface area is 127 Å². The van der Waals surface area contributed by atoms with Crippen molar-refractivity contribution in [2.45, 2.75) is 13.8 Å². The van der Waals surface area contributed by atoms with E-state index in [1.807, 2.05) is 6.07 Å². The van der Waals surface area contributed by atoms with Crippen molar-refractivity contribution in [2.24, 2.45) is 4.99 Å². The van der Waals surface area contributed by atoms with E-state index < -0.39 is 5.97 Å². The van der Waals surface area contributed by atoms with Crippen LogP contribution in [0.1, 0.15) is 19.4 Å². The molecule has 0 bridgehead atoms. The van der Waals surface area contributed by atoms with Gasteiger partial charge in [0.15, 0.2) is 17.3 Å². The van der Waals surface area contributed by atoms with Crippen LogP contribution in [0.2, 0.25) is 0 Å². The molecule has 1 aromatic rings. The zero-order valence-electron chi connectivity index (χ0n) is 12.3. The number of aliphatic hydroxyl groups is 1. The fourth-order valence-electron chi connectivity index (χ4n) is 2.30. The molecule has 0 saturated heterocycles. The SMILES string of the molecule is CCOC(=O)C1=C(O)/C(=C\c2ccc3c(c2)OCO3)N=C1C. The molecule has 2 heterocycles. The van der Waals surface area contributed by atoms with Crippen LogP contribution in [-0.4, -0.2) is 30.2 Å². The van der Waals surface area contributed by atoms with Gasteiger partial charge >= 0.3 is 5.97 Å². The van der Waals surface area contributed by atoms with E-state index in [4.69, 9.17) is 14.2 Å². The summed E-state index contributed by atoms with van der Waals surface area (Å²) < 4.78 is 15.5. The lowest BCUT2D eigenvalue weighted by molar-refractivity contribution is -0.138. The number of aliphatic imine (C=N–C) groups is 1. The van der Waals surface area contributed by atoms with Crippen molar-refractivity contribution in [2.75, 3.05) is 13.4 Å². The molecule has 0 aliphatic carbocycles. The molecule has 3 rings (SSSR count). The Balaban J connectivity index is 1.94. The summed E-state index contributed by atoms with van der Waals surface area (Å²) in [6.07, 6.45) is 1.67. The standard InChI is InChI=1S/C16H15NO5/c1-3-20-16(19)14-9(2)17-11(15(14)18)6-10-4-5-12-13(7-10)22-8-21-12/h4-7,18H,3,8H2,1-2H3/b11-6+. The van der Waals surface area contributed by atoms with Crippen LogP contribution in [0, 0.1) is 0 Å². The minimum Gasteiger partial charge on any atom is -0.505 e. The molecule has 0 amide bonds. The first kappa shape index (κ1) is 14.2. The number of benzene rings is 1. The first-order valence-corrected chi connectivity index (χ1v) is 6.88. The van der Waals surface area contributed by atoms with Crippen LogP contribution < -0.4 is 9.47 Å². The van der Waals surface area contributed by atoms with Gasteiger partial charge in [-0.2, -0.15) is 0 Å². The summed E-state index contributed by atoms with van der Waals surface area (Å²) in [6.45, 7) is 3.80. The van der Waals surface area contributed by atoms with E-state index in [1.54, 1.807) is 32.1 Å². The van der Waals surface area contributed by atoms with Gasteiger partial charge in [0, 0.05) is 0 Å². The third-order valence-electron chi connectivity index (χ3n) is 3.31. The topological polar surface area (TPSA) is 77.4 Å². The number of carbonyl (C=O) groups excluding carboxylic acids is 1. The fourth-order valence-corrected chi connectivity index (χ4v) is 2.30. The van der Waals surface area contributed by atoms with Gasteiger partial charge in [0.1, 0.15) is 11.3 Å². The maximum Gasteiger partial charge on any atom is 0.343 e. The van der Waals surface area contributed by atoms with Gasteiger partial charge in [-0.3, -0.25) is 0 Å². The largest absolute Gasteiger partial charge is 0.505 e. The first-order valence-electron chi connectivity index (χ1n) is 6.88. The molecule has 1 aromatic carbocycles. The summed E-state index contributed by atoms with van der Waals surface area (Å²) in [5.74, 6) is 0.575. The molecule has 2 aliphatic rings. The Bertz CT molecular complexity index is 730. The Morgan fingerprint density at radius 1 is 1.41 bits per heavy atom. The lowest BCUT2D eigenvalue weighted by Crippen LogP contribution is -2.13. The van der Waals surface area contributed by atoms with Gasteiger partial charge < -0.3 is 19.3 Å². The summed E-state index contributed by atoms with van der Waals surface area (Å²) >= 11 is 0. The number of fused-ring (bicyclic) bond motifs is 1. The molecule has 0 atom stereocenters. The highest BCUT2D eigenvalue weighted by Crippen LogP contribution is 2.34. The van der Waals surface area contributed by atoms with E-state index in [0.717, 1.165) is 5.56 Å². The molecule has 6 nitrogen and oxygen atoms in total. The van der Waals surface area contributed by atoms with E-state index in [9.17, 15) is 9.90 Å². The molecule has 22 heavy (non-hydrogen) atoms. The smallest absolute Gasteiger partial charge is 0.343 e. The molecule has 0 unspecified atom stereocenters.